The number of aromatic nitrogens is 2. The Morgan fingerprint density at radius 2 is 2.12 bits per heavy atom. The molecule has 2 aromatic heterocycles. The Labute approximate surface area is 143 Å². The molecule has 3 rings (SSSR count). The SMILES string of the molecule is CCOC(=O)c1sc(NC(=O)c2ccc3c(ccn3C)c2)nc1C. The molecule has 1 amide bonds. The molecule has 24 heavy (non-hydrogen) atoms. The van der Waals surface area contributed by atoms with Crippen LogP contribution >= 0.6 is 11.3 Å². The van der Waals surface area contributed by atoms with Crippen LogP contribution in [0.25, 0.3) is 10.9 Å². The van der Waals surface area contributed by atoms with Gasteiger partial charge in [0, 0.05) is 29.7 Å². The zero-order valence-corrected chi connectivity index (χ0v) is 14.4. The molecule has 1 aromatic carbocycles. The zero-order chi connectivity index (χ0) is 17.3. The highest BCUT2D eigenvalue weighted by atomic mass is 32.1. The summed E-state index contributed by atoms with van der Waals surface area (Å²) in [6.07, 6.45) is 1.95. The van der Waals surface area contributed by atoms with Gasteiger partial charge in [-0.05, 0) is 38.1 Å². The molecule has 7 heteroatoms. The summed E-state index contributed by atoms with van der Waals surface area (Å²) in [5.41, 5.74) is 2.15. The lowest BCUT2D eigenvalue weighted by molar-refractivity contribution is 0.0531. The third-order valence-electron chi connectivity index (χ3n) is 3.63. The largest absolute Gasteiger partial charge is 0.462 e. The number of aryl methyl sites for hydroxylation is 2. The van der Waals surface area contributed by atoms with E-state index in [1.165, 1.54) is 0 Å². The van der Waals surface area contributed by atoms with Crippen molar-refractivity contribution in [2.75, 3.05) is 11.9 Å². The van der Waals surface area contributed by atoms with E-state index in [1.807, 2.05) is 36.0 Å². The Morgan fingerprint density at radius 3 is 2.88 bits per heavy atom. The molecule has 0 fully saturated rings. The van der Waals surface area contributed by atoms with Gasteiger partial charge in [0.2, 0.25) is 0 Å². The molecule has 2 heterocycles. The molecule has 6 nitrogen and oxygen atoms in total. The first-order chi connectivity index (χ1) is 11.5. The maximum Gasteiger partial charge on any atom is 0.350 e. The summed E-state index contributed by atoms with van der Waals surface area (Å²) in [4.78, 5) is 28.9. The summed E-state index contributed by atoms with van der Waals surface area (Å²) >= 11 is 1.12. The molecule has 0 unspecified atom stereocenters. The number of nitrogens with one attached hydrogen (secondary N) is 1. The first-order valence-corrected chi connectivity index (χ1v) is 8.32. The van der Waals surface area contributed by atoms with E-state index in [9.17, 15) is 9.59 Å². The van der Waals surface area contributed by atoms with Crippen molar-refractivity contribution in [3.63, 3.8) is 0 Å². The summed E-state index contributed by atoms with van der Waals surface area (Å²) in [6, 6.07) is 7.46. The van der Waals surface area contributed by atoms with Crippen molar-refractivity contribution in [1.82, 2.24) is 9.55 Å². The van der Waals surface area contributed by atoms with Crippen molar-refractivity contribution >= 4 is 39.2 Å². The van der Waals surface area contributed by atoms with E-state index < -0.39 is 5.97 Å². The Balaban J connectivity index is 1.81. The maximum atomic E-state index is 12.4. The van der Waals surface area contributed by atoms with Crippen molar-refractivity contribution in [3.05, 3.63) is 46.6 Å². The van der Waals surface area contributed by atoms with E-state index in [0.29, 0.717) is 27.9 Å². The average molecular weight is 343 g/mol. The van der Waals surface area contributed by atoms with Crippen LogP contribution < -0.4 is 5.32 Å². The number of hydrogen-bond donors (Lipinski definition) is 1. The van der Waals surface area contributed by atoms with Crippen LogP contribution in [-0.2, 0) is 11.8 Å². The smallest absolute Gasteiger partial charge is 0.350 e. The first kappa shape index (κ1) is 16.2. The number of thiazole rings is 1. The van der Waals surface area contributed by atoms with Crippen molar-refractivity contribution in [3.8, 4) is 0 Å². The van der Waals surface area contributed by atoms with Gasteiger partial charge in [-0.15, -0.1) is 0 Å². The van der Waals surface area contributed by atoms with Crippen LogP contribution in [0.4, 0.5) is 5.13 Å². The van der Waals surface area contributed by atoms with E-state index in [0.717, 1.165) is 22.2 Å². The fraction of sp³-hybridized carbons (Fsp3) is 0.235. The van der Waals surface area contributed by atoms with E-state index in [2.05, 4.69) is 10.3 Å². The maximum absolute atomic E-state index is 12.4. The Kier molecular flexibility index (Phi) is 4.35. The number of carbonyl (C=O) groups excluding carboxylic acids is 2. The summed E-state index contributed by atoms with van der Waals surface area (Å²) in [6.45, 7) is 3.76. The van der Waals surface area contributed by atoms with Gasteiger partial charge in [-0.25, -0.2) is 9.78 Å². The molecule has 0 saturated carbocycles. The monoisotopic (exact) mass is 343 g/mol. The van der Waals surface area contributed by atoms with Gasteiger partial charge in [0.25, 0.3) is 5.91 Å². The standard InChI is InChI=1S/C17H17N3O3S/c1-4-23-16(22)14-10(2)18-17(24-14)19-15(21)12-5-6-13-11(9-12)7-8-20(13)3/h5-9H,4H2,1-3H3,(H,18,19,21). The number of esters is 1. The quantitative estimate of drug-likeness (QED) is 0.737. The van der Waals surface area contributed by atoms with Crippen LogP contribution in [0.2, 0.25) is 0 Å². The molecule has 0 aliphatic heterocycles. The average Bonchev–Trinajstić information content (AvgIpc) is 3.10. The highest BCUT2D eigenvalue weighted by Crippen LogP contribution is 2.24. The fourth-order valence-corrected chi connectivity index (χ4v) is 3.28. The highest BCUT2D eigenvalue weighted by molar-refractivity contribution is 7.17. The number of benzene rings is 1. The summed E-state index contributed by atoms with van der Waals surface area (Å²) in [5, 5.41) is 4.12. The van der Waals surface area contributed by atoms with E-state index in [4.69, 9.17) is 4.74 Å². The van der Waals surface area contributed by atoms with Crippen molar-refractivity contribution in [2.45, 2.75) is 13.8 Å². The van der Waals surface area contributed by atoms with Gasteiger partial charge in [-0.1, -0.05) is 11.3 Å². The van der Waals surface area contributed by atoms with Crippen molar-refractivity contribution in [1.29, 1.82) is 0 Å². The number of ether oxygens (including phenoxy) is 1. The fourth-order valence-electron chi connectivity index (χ4n) is 2.43. The normalized spacial score (nSPS) is 10.8. The van der Waals surface area contributed by atoms with Crippen LogP contribution in [0.3, 0.4) is 0 Å². The zero-order valence-electron chi connectivity index (χ0n) is 13.6. The molecule has 124 valence electrons. The lowest BCUT2D eigenvalue weighted by Crippen LogP contribution is -2.11. The molecule has 3 aromatic rings. The number of rotatable bonds is 4. The second kappa shape index (κ2) is 6.45. The van der Waals surface area contributed by atoms with Crippen LogP contribution in [-0.4, -0.2) is 28.0 Å². The van der Waals surface area contributed by atoms with Crippen LogP contribution in [0.1, 0.15) is 32.6 Å². The molecule has 0 atom stereocenters. The Hall–Kier alpha value is -2.67. The highest BCUT2D eigenvalue weighted by Gasteiger charge is 2.18. The number of carbonyl (C=O) groups is 2. The number of nitrogens with zero attached hydrogens (tertiary/aromatic N) is 2. The molecule has 0 spiro atoms. The number of amides is 1. The molecule has 1 N–H and O–H groups in total. The lowest BCUT2D eigenvalue weighted by atomic mass is 10.1. The van der Waals surface area contributed by atoms with Gasteiger partial charge < -0.3 is 9.30 Å². The molecule has 0 saturated heterocycles. The van der Waals surface area contributed by atoms with Gasteiger partial charge in [-0.2, -0.15) is 0 Å². The van der Waals surface area contributed by atoms with Crippen molar-refractivity contribution in [2.24, 2.45) is 7.05 Å². The van der Waals surface area contributed by atoms with E-state index in [-0.39, 0.29) is 5.91 Å². The lowest BCUT2D eigenvalue weighted by Gasteiger charge is -2.03. The molecule has 0 radical (unpaired) electrons. The van der Waals surface area contributed by atoms with Gasteiger partial charge in [0.1, 0.15) is 4.88 Å². The minimum Gasteiger partial charge on any atom is -0.462 e. The number of fused-ring (bicyclic) bond motifs is 1. The Bertz CT molecular complexity index is 926. The second-order valence-electron chi connectivity index (χ2n) is 5.31. The predicted molar refractivity (Wildman–Crippen MR) is 93.7 cm³/mol. The molecule has 0 aliphatic carbocycles. The van der Waals surface area contributed by atoms with Gasteiger partial charge in [0.15, 0.2) is 5.13 Å². The predicted octanol–water partition coefficient (Wildman–Crippen LogP) is 3.37. The minimum absolute atomic E-state index is 0.259. The van der Waals surface area contributed by atoms with Crippen LogP contribution in [0.5, 0.6) is 0 Å². The third-order valence-corrected chi connectivity index (χ3v) is 4.68. The minimum atomic E-state index is -0.418. The van der Waals surface area contributed by atoms with Gasteiger partial charge in [-0.3, -0.25) is 10.1 Å². The topological polar surface area (TPSA) is 73.2 Å². The van der Waals surface area contributed by atoms with Crippen LogP contribution in [0, 0.1) is 6.92 Å². The third kappa shape index (κ3) is 3.03. The summed E-state index contributed by atoms with van der Waals surface area (Å²) in [5.74, 6) is -0.677. The second-order valence-corrected chi connectivity index (χ2v) is 6.31. The molecule has 0 aliphatic rings. The van der Waals surface area contributed by atoms with Gasteiger partial charge >= 0.3 is 5.97 Å². The molecular formula is C17H17N3O3S. The van der Waals surface area contributed by atoms with E-state index in [1.54, 1.807) is 19.9 Å². The van der Waals surface area contributed by atoms with Crippen LogP contribution in [0.15, 0.2) is 30.5 Å². The number of hydrogen-bond acceptors (Lipinski definition) is 5. The Morgan fingerprint density at radius 1 is 1.33 bits per heavy atom. The molecule has 0 bridgehead atoms. The summed E-state index contributed by atoms with van der Waals surface area (Å²) < 4.78 is 6.97. The van der Waals surface area contributed by atoms with Gasteiger partial charge in [0.05, 0.1) is 12.3 Å². The summed E-state index contributed by atoms with van der Waals surface area (Å²) in [7, 11) is 1.96. The van der Waals surface area contributed by atoms with Crippen molar-refractivity contribution < 1.29 is 14.3 Å². The first-order valence-electron chi connectivity index (χ1n) is 7.50. The molecular weight excluding hydrogens is 326 g/mol. The number of anilines is 1. The van der Waals surface area contributed by atoms with E-state index >= 15 is 0 Å².